The number of nitrogens with one attached hydrogen (secondary N) is 2. The van der Waals surface area contributed by atoms with Crippen molar-refractivity contribution in [2.75, 3.05) is 397 Å². The Morgan fingerprint density at radius 1 is 0.294 bits per heavy atom. The van der Waals surface area contributed by atoms with Crippen molar-refractivity contribution in [3.63, 3.8) is 0 Å². The Labute approximate surface area is 832 Å². The van der Waals surface area contributed by atoms with Crippen LogP contribution in [0.1, 0.15) is 73.1 Å². The van der Waals surface area contributed by atoms with E-state index in [4.69, 9.17) is 142 Å². The van der Waals surface area contributed by atoms with Crippen LogP contribution in [0, 0.1) is 6.07 Å². The van der Waals surface area contributed by atoms with Crippen LogP contribution in [0.2, 0.25) is 0 Å². The number of hydrogen-bond donors (Lipinski definition) is 2. The predicted octanol–water partition coefficient (Wildman–Crippen LogP) is 9.91. The van der Waals surface area contributed by atoms with Gasteiger partial charge in [0.2, 0.25) is 5.91 Å². The van der Waals surface area contributed by atoms with E-state index >= 15 is 0 Å². The molecule has 136 heavy (non-hydrogen) atoms. The van der Waals surface area contributed by atoms with Crippen molar-refractivity contribution >= 4 is 12.0 Å². The van der Waals surface area contributed by atoms with E-state index in [1.165, 1.54) is 44.5 Å². The van der Waals surface area contributed by atoms with Crippen molar-refractivity contribution in [1.82, 2.24) is 10.6 Å². The first-order chi connectivity index (χ1) is 67.0. The molecule has 5 aromatic rings. The number of fused-ring (bicyclic) bond motifs is 6. The van der Waals surface area contributed by atoms with Gasteiger partial charge in [0.05, 0.1) is 350 Å². The number of benzene rings is 5. The fourth-order valence-electron chi connectivity index (χ4n) is 14.3. The molecule has 0 heterocycles. The molecule has 2 amide bonds. The number of methoxy groups -OCH3 is 2. The van der Waals surface area contributed by atoms with Crippen LogP contribution in [0.5, 0.6) is 5.75 Å². The molecule has 0 saturated carbocycles. The van der Waals surface area contributed by atoms with Crippen molar-refractivity contribution < 1.29 is 184 Å². The topological polar surface area (TPSA) is 335 Å². The third kappa shape index (κ3) is 56.5. The standard InChI is InChI=1S/C101H157N2O32.Y/c1-106-35-37-108-30-11-26-101(27-12-31-109-38-36-107-2)97-18-8-7-17-94(97)95-24-21-88(85-98(95)101)87-19-22-89(23-20-87)134-32-10-9-28-102-99(104)25-33-110-39-41-112-43-45-114-47-49-116-51-53-118-55-57-120-59-61-122-63-65-124-67-69-126-71-73-128-75-77-130-79-81-132-83-84-133-82-80-131-78-76-129-74-72-127-70-68-125-66-64-123-62-60-121-58-56-119-54-52-117-50-48-115-46-44-113-42-40-111-34-29-103-100(105)135-86-96-92-15-5-3-13-90(92)91-14-4-6-16-93(91)96;/h3-7,13-24,85,96H,9-12,25-84,86H2,1-2H3,(H,102,104)(H,103,105);/q-1;. The quantitative estimate of drug-likeness (QED) is 0.0270. The molecule has 0 unspecified atom stereocenters. The van der Waals surface area contributed by atoms with Gasteiger partial charge in [0.25, 0.3) is 0 Å². The normalized spacial score (nSPS) is 12.5. The van der Waals surface area contributed by atoms with E-state index < -0.39 is 6.09 Å². The summed E-state index contributed by atoms with van der Waals surface area (Å²) in [4.78, 5) is 24.7. The van der Waals surface area contributed by atoms with Crippen LogP contribution in [-0.2, 0) is 180 Å². The smallest absolute Gasteiger partial charge is 0.407 e. The molecule has 0 atom stereocenters. The molecule has 0 aromatic heterocycles. The van der Waals surface area contributed by atoms with E-state index in [0.717, 1.165) is 55.4 Å². The van der Waals surface area contributed by atoms with Crippen LogP contribution in [0.15, 0.2) is 109 Å². The Morgan fingerprint density at radius 2 is 0.610 bits per heavy atom. The maximum atomic E-state index is 12.4. The first-order valence-electron chi connectivity index (χ1n) is 48.3. The second kappa shape index (κ2) is 85.2. The van der Waals surface area contributed by atoms with Crippen molar-refractivity contribution in [3.8, 4) is 39.1 Å². The van der Waals surface area contributed by atoms with E-state index in [9.17, 15) is 9.59 Å². The van der Waals surface area contributed by atoms with Crippen LogP contribution < -0.4 is 15.4 Å². The van der Waals surface area contributed by atoms with Gasteiger partial charge < -0.3 is 153 Å². The minimum absolute atomic E-state index is 0. The van der Waals surface area contributed by atoms with Gasteiger partial charge in [-0.3, -0.25) is 4.79 Å². The van der Waals surface area contributed by atoms with E-state index in [-0.39, 0.29) is 63.0 Å². The molecule has 2 aliphatic carbocycles. The maximum absolute atomic E-state index is 12.4. The molecule has 1 radical (unpaired) electrons. The summed E-state index contributed by atoms with van der Waals surface area (Å²) in [5, 5.41) is 5.73. The van der Waals surface area contributed by atoms with Crippen LogP contribution in [-0.4, -0.2) is 409 Å². The number of alkyl carbamates (subject to hydrolysis) is 1. The van der Waals surface area contributed by atoms with Crippen LogP contribution in [0.3, 0.4) is 0 Å². The number of ether oxygens (including phenoxy) is 30. The first-order valence-corrected chi connectivity index (χ1v) is 48.3. The van der Waals surface area contributed by atoms with Gasteiger partial charge in [0.15, 0.2) is 0 Å². The molecule has 0 aliphatic heterocycles. The predicted molar refractivity (Wildman–Crippen MR) is 506 cm³/mol. The summed E-state index contributed by atoms with van der Waals surface area (Å²) in [5.41, 5.74) is 12.1. The Kier molecular flexibility index (Phi) is 74.8. The minimum atomic E-state index is -0.461. The molecule has 2 aliphatic rings. The molecule has 767 valence electrons. The van der Waals surface area contributed by atoms with Crippen molar-refractivity contribution in [2.45, 2.75) is 56.3 Å². The number of carbonyl (C=O) groups is 2. The molecule has 2 N–H and O–H groups in total. The molecular formula is C101H157N2O32Y-. The Bertz CT molecular complexity index is 3560. The van der Waals surface area contributed by atoms with Crippen molar-refractivity contribution in [2.24, 2.45) is 0 Å². The second-order valence-corrected chi connectivity index (χ2v) is 30.9. The third-order valence-electron chi connectivity index (χ3n) is 21.1. The third-order valence-corrected chi connectivity index (χ3v) is 21.1. The summed E-state index contributed by atoms with van der Waals surface area (Å²) >= 11 is 0. The minimum Gasteiger partial charge on any atom is -0.494 e. The summed E-state index contributed by atoms with van der Waals surface area (Å²) in [6.45, 7) is 27.4. The Hall–Kier alpha value is -5.38. The maximum Gasteiger partial charge on any atom is 0.407 e. The summed E-state index contributed by atoms with van der Waals surface area (Å²) in [7, 11) is 3.39. The second-order valence-electron chi connectivity index (χ2n) is 30.9. The number of carbonyl (C=O) groups excluding carboxylic acids is 2. The van der Waals surface area contributed by atoms with Gasteiger partial charge in [-0.2, -0.15) is 24.3 Å². The van der Waals surface area contributed by atoms with Gasteiger partial charge in [-0.25, -0.2) is 4.79 Å². The Balaban J connectivity index is 0.0000284. The summed E-state index contributed by atoms with van der Waals surface area (Å²) in [5.74, 6) is 0.796. The molecule has 5 aromatic carbocycles. The number of rotatable bonds is 98. The van der Waals surface area contributed by atoms with Gasteiger partial charge in [-0.05, 0) is 101 Å². The number of amides is 2. The van der Waals surface area contributed by atoms with Crippen LogP contribution >= 0.6 is 0 Å². The zero-order chi connectivity index (χ0) is 94.6. The largest absolute Gasteiger partial charge is 0.494 e. The zero-order valence-electron chi connectivity index (χ0n) is 81.1. The average molecular weight is 2000 g/mol. The number of unbranched alkanes of at least 4 members (excludes halogenated alkanes) is 1. The van der Waals surface area contributed by atoms with Crippen molar-refractivity contribution in [1.29, 1.82) is 0 Å². The average Bonchev–Trinajstić information content (AvgIpc) is 1.57. The molecule has 0 saturated heterocycles. The van der Waals surface area contributed by atoms with E-state index in [1.807, 2.05) is 42.5 Å². The molecule has 7 rings (SSSR count). The van der Waals surface area contributed by atoms with E-state index in [1.54, 1.807) is 14.2 Å². The molecule has 35 heteroatoms. The molecule has 0 spiro atoms. The fraction of sp³-hybridized carbons (Fsp3) is 0.683. The monoisotopic (exact) mass is 2000 g/mol. The van der Waals surface area contributed by atoms with Gasteiger partial charge in [-0.1, -0.05) is 78.9 Å². The van der Waals surface area contributed by atoms with Crippen LogP contribution in [0.25, 0.3) is 33.4 Å². The van der Waals surface area contributed by atoms with Gasteiger partial charge >= 0.3 is 6.09 Å². The molecular weight excluding hydrogens is 1840 g/mol. The SMILES string of the molecule is COCCOCCCC1(CCCOCCOC)c2c[c-]ccc2-c2ccc(-c3ccc(OCCCCNC(=O)CCOCCOCCOCCOCCOCCOCCOCCOCCOCCOCCOCCOCCOCCOCCOCCOCCOCCOCCOCCOCCOCCOCCOCCOCCNC(=O)OCC4c5ccccc5-c5ccccc54)cc3)cc21.[Y]. The fourth-order valence-corrected chi connectivity index (χ4v) is 14.3. The van der Waals surface area contributed by atoms with Gasteiger partial charge in [0, 0.05) is 85.6 Å². The first kappa shape index (κ1) is 119. The molecule has 34 nitrogen and oxygen atoms in total. The molecule has 0 fully saturated rings. The van der Waals surface area contributed by atoms with Crippen LogP contribution in [0.4, 0.5) is 4.79 Å². The zero-order valence-corrected chi connectivity index (χ0v) is 83.9. The molecule has 0 bridgehead atoms. The van der Waals surface area contributed by atoms with Crippen molar-refractivity contribution in [3.05, 3.63) is 138 Å². The van der Waals surface area contributed by atoms with E-state index in [2.05, 4.69) is 83.4 Å². The van der Waals surface area contributed by atoms with Gasteiger partial charge in [0.1, 0.15) is 12.4 Å². The summed E-state index contributed by atoms with van der Waals surface area (Å²) in [6, 6.07) is 41.5. The Morgan fingerprint density at radius 3 is 0.971 bits per heavy atom. The van der Waals surface area contributed by atoms with E-state index in [0.29, 0.717) is 376 Å². The number of hydrogen-bond acceptors (Lipinski definition) is 32. The van der Waals surface area contributed by atoms with Gasteiger partial charge in [-0.15, -0.1) is 11.1 Å². The summed E-state index contributed by atoms with van der Waals surface area (Å²) < 4.78 is 167. The summed E-state index contributed by atoms with van der Waals surface area (Å²) in [6.07, 6.45) is 5.18.